The molecule has 2 aliphatic carbocycles. The van der Waals surface area contributed by atoms with Crippen LogP contribution in [0, 0.1) is 17.8 Å². The predicted octanol–water partition coefficient (Wildman–Crippen LogP) is 3.39. The van der Waals surface area contributed by atoms with Gasteiger partial charge in [-0.2, -0.15) is 0 Å². The monoisotopic (exact) mass is 356 g/mol. The maximum Gasteiger partial charge on any atom is 0.319 e. The van der Waals surface area contributed by atoms with Gasteiger partial charge in [0, 0.05) is 39.3 Å². The minimum atomic E-state index is -0.130. The number of anilines is 2. The Morgan fingerprint density at radius 3 is 2.54 bits per heavy atom. The van der Waals surface area contributed by atoms with Crippen molar-refractivity contribution in [3.8, 4) is 0 Å². The summed E-state index contributed by atoms with van der Waals surface area (Å²) in [5.41, 5.74) is 2.04. The van der Waals surface area contributed by atoms with Crippen molar-refractivity contribution in [1.29, 1.82) is 0 Å². The topological polar surface area (TPSA) is 47.6 Å². The van der Waals surface area contributed by atoms with Gasteiger partial charge in [0.15, 0.2) is 0 Å². The summed E-state index contributed by atoms with van der Waals surface area (Å²) in [6.07, 6.45) is 5.90. The van der Waals surface area contributed by atoms with Crippen LogP contribution in [0.1, 0.15) is 32.6 Å². The summed E-state index contributed by atoms with van der Waals surface area (Å²) < 4.78 is 0. The van der Waals surface area contributed by atoms with E-state index in [4.69, 9.17) is 0 Å². The first-order chi connectivity index (χ1) is 12.7. The van der Waals surface area contributed by atoms with Crippen LogP contribution < -0.4 is 15.5 Å². The Kier molecular flexibility index (Phi) is 5.34. The van der Waals surface area contributed by atoms with E-state index in [1.807, 2.05) is 19.1 Å². The van der Waals surface area contributed by atoms with E-state index in [1.54, 1.807) is 0 Å². The fraction of sp³-hybridized carbons (Fsp3) is 0.667. The molecular weight excluding hydrogens is 324 g/mol. The van der Waals surface area contributed by atoms with Gasteiger partial charge in [0.1, 0.15) is 0 Å². The molecule has 142 valence electrons. The van der Waals surface area contributed by atoms with Crippen LogP contribution >= 0.6 is 0 Å². The molecule has 1 saturated heterocycles. The standard InChI is InChI=1S/C21H32N4O/c1-2-22-21(26)23-19-5-3-4-6-20(19)25-13-11-24(12-14-25)15-17-8-7-16-9-10-18(16)17/h3-6,16-18H,2,7-15H2,1H3,(H2,22,23,26). The Balaban J connectivity index is 1.32. The first-order valence-electron chi connectivity index (χ1n) is 10.4. The number of amides is 2. The molecule has 3 fully saturated rings. The van der Waals surface area contributed by atoms with Crippen LogP contribution in [-0.2, 0) is 0 Å². The number of carbonyl (C=O) groups excluding carboxylic acids is 1. The molecule has 1 aliphatic heterocycles. The van der Waals surface area contributed by atoms with Crippen LogP contribution in [-0.4, -0.2) is 50.2 Å². The zero-order chi connectivity index (χ0) is 17.9. The lowest BCUT2D eigenvalue weighted by Gasteiger charge is -2.40. The van der Waals surface area contributed by atoms with Crippen molar-refractivity contribution in [1.82, 2.24) is 10.2 Å². The first-order valence-corrected chi connectivity index (χ1v) is 10.4. The summed E-state index contributed by atoms with van der Waals surface area (Å²) in [4.78, 5) is 17.0. The maximum absolute atomic E-state index is 11.9. The van der Waals surface area contributed by atoms with Gasteiger partial charge in [-0.1, -0.05) is 12.1 Å². The van der Waals surface area contributed by atoms with Gasteiger partial charge in [-0.3, -0.25) is 4.90 Å². The Bertz CT molecular complexity index is 626. The zero-order valence-electron chi connectivity index (χ0n) is 15.9. The van der Waals surface area contributed by atoms with Gasteiger partial charge in [-0.25, -0.2) is 4.79 Å². The van der Waals surface area contributed by atoms with Crippen molar-refractivity contribution in [3.63, 3.8) is 0 Å². The zero-order valence-corrected chi connectivity index (χ0v) is 15.9. The molecule has 1 aromatic rings. The molecule has 2 N–H and O–H groups in total. The van der Waals surface area contributed by atoms with Gasteiger partial charge in [-0.05, 0) is 62.5 Å². The van der Waals surface area contributed by atoms with E-state index in [1.165, 1.54) is 32.2 Å². The number of urea groups is 1. The van der Waals surface area contributed by atoms with Crippen molar-refractivity contribution in [3.05, 3.63) is 24.3 Å². The van der Waals surface area contributed by atoms with Gasteiger partial charge < -0.3 is 15.5 Å². The number of piperazine rings is 1. The minimum Gasteiger partial charge on any atom is -0.367 e. The third-order valence-corrected chi connectivity index (χ3v) is 6.69. The van der Waals surface area contributed by atoms with Crippen LogP contribution in [0.15, 0.2) is 24.3 Å². The Hall–Kier alpha value is -1.75. The molecule has 0 spiro atoms. The summed E-state index contributed by atoms with van der Waals surface area (Å²) in [5.74, 6) is 3.05. The molecule has 0 bridgehead atoms. The highest BCUT2D eigenvalue weighted by Gasteiger charge is 2.42. The number of para-hydroxylation sites is 2. The fourth-order valence-electron chi connectivity index (χ4n) is 5.13. The van der Waals surface area contributed by atoms with Crippen LogP contribution in [0.3, 0.4) is 0 Å². The maximum atomic E-state index is 11.9. The van der Waals surface area contributed by atoms with E-state index < -0.39 is 0 Å². The predicted molar refractivity (Wildman–Crippen MR) is 107 cm³/mol. The lowest BCUT2D eigenvalue weighted by atomic mass is 9.72. The van der Waals surface area contributed by atoms with Crippen molar-refractivity contribution in [2.24, 2.45) is 17.8 Å². The first kappa shape index (κ1) is 17.7. The number of rotatable bonds is 5. The van der Waals surface area contributed by atoms with Gasteiger partial charge in [0.2, 0.25) is 0 Å². The number of carbonyl (C=O) groups is 1. The second-order valence-corrected chi connectivity index (χ2v) is 8.13. The Labute approximate surface area is 157 Å². The third-order valence-electron chi connectivity index (χ3n) is 6.69. The number of hydrogen-bond acceptors (Lipinski definition) is 3. The number of hydrogen-bond donors (Lipinski definition) is 2. The van der Waals surface area contributed by atoms with E-state index >= 15 is 0 Å². The lowest BCUT2D eigenvalue weighted by molar-refractivity contribution is 0.128. The van der Waals surface area contributed by atoms with Crippen molar-refractivity contribution < 1.29 is 4.79 Å². The highest BCUT2D eigenvalue weighted by Crippen LogP contribution is 2.50. The highest BCUT2D eigenvalue weighted by atomic mass is 16.2. The molecule has 5 nitrogen and oxygen atoms in total. The number of benzene rings is 1. The molecule has 2 saturated carbocycles. The Morgan fingerprint density at radius 2 is 1.85 bits per heavy atom. The molecule has 0 aromatic heterocycles. The second kappa shape index (κ2) is 7.87. The third kappa shape index (κ3) is 3.68. The van der Waals surface area contributed by atoms with E-state index in [0.29, 0.717) is 6.54 Å². The molecule has 3 atom stereocenters. The SMILES string of the molecule is CCNC(=O)Nc1ccccc1N1CCN(CC2CCC3CCC32)CC1. The highest BCUT2D eigenvalue weighted by molar-refractivity contribution is 5.93. The summed E-state index contributed by atoms with van der Waals surface area (Å²) in [6.45, 7) is 8.20. The fourth-order valence-corrected chi connectivity index (χ4v) is 5.13. The van der Waals surface area contributed by atoms with Crippen LogP contribution in [0.4, 0.5) is 16.2 Å². The molecule has 2 amide bonds. The Morgan fingerprint density at radius 1 is 1.08 bits per heavy atom. The largest absolute Gasteiger partial charge is 0.367 e. The summed E-state index contributed by atoms with van der Waals surface area (Å²) in [7, 11) is 0. The van der Waals surface area contributed by atoms with Gasteiger partial charge in [-0.15, -0.1) is 0 Å². The molecule has 0 radical (unpaired) electrons. The van der Waals surface area contributed by atoms with Gasteiger partial charge in [0.25, 0.3) is 0 Å². The van der Waals surface area contributed by atoms with E-state index in [0.717, 1.165) is 55.3 Å². The summed E-state index contributed by atoms with van der Waals surface area (Å²) in [5, 5.41) is 5.80. The molecule has 3 unspecified atom stereocenters. The van der Waals surface area contributed by atoms with Crippen molar-refractivity contribution in [2.75, 3.05) is 49.5 Å². The van der Waals surface area contributed by atoms with Crippen molar-refractivity contribution >= 4 is 17.4 Å². The summed E-state index contributed by atoms with van der Waals surface area (Å²) >= 11 is 0. The van der Waals surface area contributed by atoms with Gasteiger partial charge in [0.05, 0.1) is 11.4 Å². The number of nitrogens with zero attached hydrogens (tertiary/aromatic N) is 2. The number of fused-ring (bicyclic) bond motifs is 1. The molecule has 26 heavy (non-hydrogen) atoms. The molecule has 3 aliphatic rings. The second-order valence-electron chi connectivity index (χ2n) is 8.13. The average molecular weight is 357 g/mol. The molecule has 1 heterocycles. The van der Waals surface area contributed by atoms with E-state index in [9.17, 15) is 4.79 Å². The van der Waals surface area contributed by atoms with Crippen molar-refractivity contribution in [2.45, 2.75) is 32.6 Å². The molecule has 5 heteroatoms. The lowest BCUT2D eigenvalue weighted by Crippen LogP contribution is -2.48. The quantitative estimate of drug-likeness (QED) is 0.850. The van der Waals surface area contributed by atoms with E-state index in [-0.39, 0.29) is 6.03 Å². The summed E-state index contributed by atoms with van der Waals surface area (Å²) in [6, 6.07) is 8.02. The minimum absolute atomic E-state index is 0.130. The molecule has 1 aromatic carbocycles. The van der Waals surface area contributed by atoms with Gasteiger partial charge >= 0.3 is 6.03 Å². The number of nitrogens with one attached hydrogen (secondary N) is 2. The smallest absolute Gasteiger partial charge is 0.319 e. The molecular formula is C21H32N4O. The van der Waals surface area contributed by atoms with E-state index in [2.05, 4.69) is 32.6 Å². The average Bonchev–Trinajstić information content (AvgIpc) is 2.89. The van der Waals surface area contributed by atoms with Crippen LogP contribution in [0.25, 0.3) is 0 Å². The normalized spacial score (nSPS) is 28.3. The van der Waals surface area contributed by atoms with Crippen LogP contribution in [0.2, 0.25) is 0 Å². The molecule has 4 rings (SSSR count). The van der Waals surface area contributed by atoms with Crippen LogP contribution in [0.5, 0.6) is 0 Å².